The number of hydrogen-bond donors (Lipinski definition) is 1. The Labute approximate surface area is 185 Å². The summed E-state index contributed by atoms with van der Waals surface area (Å²) < 4.78 is 39.4. The van der Waals surface area contributed by atoms with E-state index in [9.17, 15) is 8.42 Å². The second-order valence-corrected chi connectivity index (χ2v) is 9.95. The van der Waals surface area contributed by atoms with Crippen molar-refractivity contribution in [1.29, 1.82) is 0 Å². The van der Waals surface area contributed by atoms with Gasteiger partial charge in [0.2, 0.25) is 10.0 Å². The van der Waals surface area contributed by atoms with E-state index in [2.05, 4.69) is 39.8 Å². The lowest BCUT2D eigenvalue weighted by Gasteiger charge is -2.29. The normalized spacial score (nSPS) is 17.6. The Bertz CT molecular complexity index is 1040. The molecule has 1 N–H and O–H groups in total. The molecule has 8 heteroatoms. The van der Waals surface area contributed by atoms with E-state index >= 15 is 0 Å². The van der Waals surface area contributed by atoms with E-state index in [0.29, 0.717) is 18.0 Å². The zero-order valence-electron chi connectivity index (χ0n) is 18.4. The molecule has 0 unspecified atom stereocenters. The fraction of sp³-hybridized carbons (Fsp3) is 0.478. The molecule has 2 aliphatic rings. The molecular weight excluding hydrogens is 414 g/mol. The van der Waals surface area contributed by atoms with Crippen LogP contribution in [0.25, 0.3) is 0 Å². The van der Waals surface area contributed by atoms with Crippen LogP contribution in [0.2, 0.25) is 0 Å². The smallest absolute Gasteiger partial charge is 0.240 e. The maximum absolute atomic E-state index is 13.0. The van der Waals surface area contributed by atoms with Crippen LogP contribution in [0.15, 0.2) is 41.3 Å². The van der Waals surface area contributed by atoms with Crippen molar-refractivity contribution in [1.82, 2.24) is 9.62 Å². The zero-order chi connectivity index (χ0) is 22.0. The van der Waals surface area contributed by atoms with Gasteiger partial charge in [0.25, 0.3) is 0 Å². The van der Waals surface area contributed by atoms with Crippen LogP contribution < -0.4 is 19.1 Å². The fourth-order valence-electron chi connectivity index (χ4n) is 4.56. The molecule has 0 bridgehead atoms. The lowest BCUT2D eigenvalue weighted by Crippen LogP contribution is -2.36. The summed E-state index contributed by atoms with van der Waals surface area (Å²) in [7, 11) is 1.44. The van der Waals surface area contributed by atoms with Crippen molar-refractivity contribution in [2.45, 2.75) is 30.2 Å². The second kappa shape index (κ2) is 9.06. The molecule has 168 valence electrons. The van der Waals surface area contributed by atoms with Crippen molar-refractivity contribution in [2.24, 2.45) is 0 Å². The Morgan fingerprint density at radius 3 is 2.45 bits per heavy atom. The molecule has 2 heterocycles. The van der Waals surface area contributed by atoms with Gasteiger partial charge in [-0.15, -0.1) is 0 Å². The summed E-state index contributed by atoms with van der Waals surface area (Å²) in [6.45, 7) is 3.32. The Kier molecular flexibility index (Phi) is 6.41. The number of likely N-dealkylation sites (N-methyl/N-ethyl adjacent to an activating group) is 1. The van der Waals surface area contributed by atoms with Crippen LogP contribution in [0.4, 0.5) is 5.69 Å². The quantitative estimate of drug-likeness (QED) is 0.674. The number of ether oxygens (including phenoxy) is 2. The average molecular weight is 446 g/mol. The number of likely N-dealkylation sites (tertiary alicyclic amines) is 1. The summed E-state index contributed by atoms with van der Waals surface area (Å²) in [6.07, 6.45) is 3.32. The zero-order valence-corrected chi connectivity index (χ0v) is 19.2. The van der Waals surface area contributed by atoms with Crippen molar-refractivity contribution in [3.05, 3.63) is 47.5 Å². The van der Waals surface area contributed by atoms with Crippen molar-refractivity contribution < 1.29 is 17.9 Å². The number of hydrogen-bond acceptors (Lipinski definition) is 6. The molecule has 2 aromatic rings. The van der Waals surface area contributed by atoms with E-state index in [1.165, 1.54) is 37.1 Å². The number of benzene rings is 2. The minimum atomic E-state index is -3.69. The van der Waals surface area contributed by atoms with Gasteiger partial charge >= 0.3 is 0 Å². The first kappa shape index (κ1) is 21.9. The first-order valence-electron chi connectivity index (χ1n) is 10.7. The Hall–Kier alpha value is -2.29. The first-order chi connectivity index (χ1) is 14.9. The molecule has 0 aliphatic carbocycles. The standard InChI is InChI=1S/C23H31N3O4S/c1-25-13-10-18-14-17(6-8-20(18)25)21(26-11-4-5-12-26)16-24-31(27,28)19-7-9-22(29-2)23(15-19)30-3/h6-9,14-15,21,24H,4-5,10-13,16H2,1-3H3/t21-/m1/s1. The van der Waals surface area contributed by atoms with Crippen molar-refractivity contribution in [3.63, 3.8) is 0 Å². The van der Waals surface area contributed by atoms with Crippen molar-refractivity contribution in [2.75, 3.05) is 52.3 Å². The number of anilines is 1. The van der Waals surface area contributed by atoms with E-state index in [-0.39, 0.29) is 10.9 Å². The van der Waals surface area contributed by atoms with Crippen LogP contribution >= 0.6 is 0 Å². The number of sulfonamides is 1. The summed E-state index contributed by atoms with van der Waals surface area (Å²) in [4.78, 5) is 4.82. The molecule has 0 amide bonds. The highest BCUT2D eigenvalue weighted by Gasteiger charge is 2.27. The molecule has 31 heavy (non-hydrogen) atoms. The van der Waals surface area contributed by atoms with Crippen LogP contribution in [0, 0.1) is 0 Å². The molecule has 7 nitrogen and oxygen atoms in total. The third kappa shape index (κ3) is 4.51. The SMILES string of the molecule is COc1ccc(S(=O)(=O)NC[C@H](c2ccc3c(c2)CCN3C)N2CCCC2)cc1OC. The molecule has 4 rings (SSSR count). The first-order valence-corrected chi connectivity index (χ1v) is 12.2. The summed E-state index contributed by atoms with van der Waals surface area (Å²) >= 11 is 0. The lowest BCUT2D eigenvalue weighted by molar-refractivity contribution is 0.246. The number of fused-ring (bicyclic) bond motifs is 1. The van der Waals surface area contributed by atoms with Crippen LogP contribution in [-0.4, -0.2) is 60.8 Å². The van der Waals surface area contributed by atoms with Crippen LogP contribution in [-0.2, 0) is 16.4 Å². The topological polar surface area (TPSA) is 71.1 Å². The van der Waals surface area contributed by atoms with Gasteiger partial charge in [-0.3, -0.25) is 4.90 Å². The van der Waals surface area contributed by atoms with E-state index in [0.717, 1.165) is 38.9 Å². The Balaban J connectivity index is 1.57. The van der Waals surface area contributed by atoms with Crippen LogP contribution in [0.1, 0.15) is 30.0 Å². The highest BCUT2D eigenvalue weighted by molar-refractivity contribution is 7.89. The van der Waals surface area contributed by atoms with Gasteiger partial charge in [0, 0.05) is 37.9 Å². The maximum atomic E-state index is 13.0. The van der Waals surface area contributed by atoms with Crippen molar-refractivity contribution >= 4 is 15.7 Å². The summed E-state index contributed by atoms with van der Waals surface area (Å²) in [5.41, 5.74) is 3.78. The highest BCUT2D eigenvalue weighted by atomic mass is 32.2. The van der Waals surface area contributed by atoms with Gasteiger partial charge in [0.15, 0.2) is 11.5 Å². The van der Waals surface area contributed by atoms with Gasteiger partial charge in [0.1, 0.15) is 0 Å². The lowest BCUT2D eigenvalue weighted by atomic mass is 10.0. The van der Waals surface area contributed by atoms with Gasteiger partial charge in [-0.25, -0.2) is 13.1 Å². The van der Waals surface area contributed by atoms with E-state index in [1.807, 2.05) is 0 Å². The second-order valence-electron chi connectivity index (χ2n) is 8.19. The average Bonchev–Trinajstić information content (AvgIpc) is 3.43. The molecule has 2 aromatic carbocycles. The molecule has 0 aromatic heterocycles. The minimum Gasteiger partial charge on any atom is -0.493 e. The third-order valence-corrected chi connectivity index (χ3v) is 7.75. The number of methoxy groups -OCH3 is 2. The van der Waals surface area contributed by atoms with Gasteiger partial charge in [0.05, 0.1) is 19.1 Å². The molecular formula is C23H31N3O4S. The molecule has 1 fully saturated rings. The largest absolute Gasteiger partial charge is 0.493 e. The monoisotopic (exact) mass is 445 g/mol. The van der Waals surface area contributed by atoms with Gasteiger partial charge in [-0.05, 0) is 61.7 Å². The molecule has 2 aliphatic heterocycles. The van der Waals surface area contributed by atoms with E-state index in [1.54, 1.807) is 12.1 Å². The highest BCUT2D eigenvalue weighted by Crippen LogP contribution is 2.33. The fourth-order valence-corrected chi connectivity index (χ4v) is 5.61. The third-order valence-electron chi connectivity index (χ3n) is 6.33. The molecule has 0 spiro atoms. The molecule has 1 saturated heterocycles. The number of nitrogens with zero attached hydrogens (tertiary/aromatic N) is 2. The maximum Gasteiger partial charge on any atom is 0.240 e. The summed E-state index contributed by atoms with van der Waals surface area (Å²) in [6, 6.07) is 11.2. The Morgan fingerprint density at radius 2 is 1.74 bits per heavy atom. The van der Waals surface area contributed by atoms with Gasteiger partial charge in [-0.2, -0.15) is 0 Å². The summed E-state index contributed by atoms with van der Waals surface area (Å²) in [5, 5.41) is 0. The van der Waals surface area contributed by atoms with E-state index in [4.69, 9.17) is 9.47 Å². The predicted molar refractivity (Wildman–Crippen MR) is 122 cm³/mol. The molecule has 1 atom stereocenters. The molecule has 0 radical (unpaired) electrons. The van der Waals surface area contributed by atoms with Crippen LogP contribution in [0.5, 0.6) is 11.5 Å². The summed E-state index contributed by atoms with van der Waals surface area (Å²) in [5.74, 6) is 0.892. The number of rotatable bonds is 8. The van der Waals surface area contributed by atoms with Crippen LogP contribution in [0.3, 0.4) is 0 Å². The molecule has 0 saturated carbocycles. The van der Waals surface area contributed by atoms with Crippen molar-refractivity contribution in [3.8, 4) is 11.5 Å². The Morgan fingerprint density at radius 1 is 1.00 bits per heavy atom. The van der Waals surface area contributed by atoms with E-state index < -0.39 is 10.0 Å². The van der Waals surface area contributed by atoms with Gasteiger partial charge in [-0.1, -0.05) is 12.1 Å². The minimum absolute atomic E-state index is 0.00799. The number of nitrogens with one attached hydrogen (secondary N) is 1. The predicted octanol–water partition coefficient (Wildman–Crippen LogP) is 2.81. The van der Waals surface area contributed by atoms with Gasteiger partial charge < -0.3 is 14.4 Å².